The summed E-state index contributed by atoms with van der Waals surface area (Å²) in [6, 6.07) is 21.6. The van der Waals surface area contributed by atoms with Crippen LogP contribution in [0, 0.1) is 11.3 Å². The van der Waals surface area contributed by atoms with Crippen LogP contribution in [0.2, 0.25) is 0 Å². The van der Waals surface area contributed by atoms with Crippen molar-refractivity contribution in [3.05, 3.63) is 90.0 Å². The second kappa shape index (κ2) is 16.4. The zero-order valence-corrected chi connectivity index (χ0v) is 29.1. The van der Waals surface area contributed by atoms with Crippen molar-refractivity contribution in [3.8, 4) is 11.5 Å². The Balaban J connectivity index is 1.52. The number of nitrogens with one attached hydrogen (secondary N) is 3. The van der Waals surface area contributed by atoms with Gasteiger partial charge in [-0.2, -0.15) is 4.31 Å². The number of rotatable bonds is 16. The molecular weight excluding hydrogens is 632 g/mol. The van der Waals surface area contributed by atoms with Crippen molar-refractivity contribution in [2.75, 3.05) is 26.4 Å². The number of carbonyl (C=O) groups is 2. The molecular formula is C36H48N4O7S. The molecule has 0 bridgehead atoms. The molecule has 11 nitrogen and oxygen atoms in total. The SMILES string of the molecule is CC(C)CN(CC(O)C(Cc1ccccc1)NC(=O)C(NC(=O)CNCc1ccccc1)C(C)(C)C)S(=O)(=O)c1ccc2c(c1)OCO2. The average Bonchev–Trinajstić information content (AvgIpc) is 3.51. The van der Waals surface area contributed by atoms with E-state index in [4.69, 9.17) is 9.47 Å². The molecule has 12 heteroatoms. The number of sulfonamides is 1. The second-order valence-corrected chi connectivity index (χ2v) is 15.5. The van der Waals surface area contributed by atoms with Crippen molar-refractivity contribution in [2.45, 2.75) is 70.7 Å². The molecule has 0 radical (unpaired) electrons. The normalized spacial score (nSPS) is 14.8. The van der Waals surface area contributed by atoms with E-state index < -0.39 is 39.5 Å². The summed E-state index contributed by atoms with van der Waals surface area (Å²) in [5.74, 6) is -0.0884. The van der Waals surface area contributed by atoms with Gasteiger partial charge in [0.25, 0.3) is 0 Å². The molecule has 260 valence electrons. The fraction of sp³-hybridized carbons (Fsp3) is 0.444. The molecule has 1 aliphatic heterocycles. The van der Waals surface area contributed by atoms with E-state index in [0.717, 1.165) is 11.1 Å². The molecule has 4 N–H and O–H groups in total. The Labute approximate surface area is 284 Å². The van der Waals surface area contributed by atoms with Crippen LogP contribution in [0.5, 0.6) is 11.5 Å². The van der Waals surface area contributed by atoms with Gasteiger partial charge >= 0.3 is 0 Å². The number of hydrogen-bond acceptors (Lipinski definition) is 8. The Bertz CT molecular complexity index is 1610. The zero-order valence-electron chi connectivity index (χ0n) is 28.3. The first-order valence-electron chi connectivity index (χ1n) is 16.2. The van der Waals surface area contributed by atoms with E-state index in [1.807, 2.05) is 95.3 Å². The van der Waals surface area contributed by atoms with Crippen molar-refractivity contribution in [3.63, 3.8) is 0 Å². The summed E-state index contributed by atoms with van der Waals surface area (Å²) in [6.45, 7) is 9.69. The Morgan fingerprint density at radius 2 is 1.50 bits per heavy atom. The second-order valence-electron chi connectivity index (χ2n) is 13.6. The van der Waals surface area contributed by atoms with Crippen LogP contribution in [-0.4, -0.2) is 74.3 Å². The number of nitrogens with zero attached hydrogens (tertiary/aromatic N) is 1. The lowest BCUT2D eigenvalue weighted by molar-refractivity contribution is -0.132. The van der Waals surface area contributed by atoms with Crippen molar-refractivity contribution in [2.24, 2.45) is 11.3 Å². The van der Waals surface area contributed by atoms with Gasteiger partial charge in [0.1, 0.15) is 6.04 Å². The quantitative estimate of drug-likeness (QED) is 0.180. The fourth-order valence-corrected chi connectivity index (χ4v) is 7.06. The van der Waals surface area contributed by atoms with Gasteiger partial charge in [-0.15, -0.1) is 0 Å². The lowest BCUT2D eigenvalue weighted by Gasteiger charge is -2.34. The van der Waals surface area contributed by atoms with E-state index >= 15 is 0 Å². The van der Waals surface area contributed by atoms with Gasteiger partial charge in [-0.3, -0.25) is 9.59 Å². The van der Waals surface area contributed by atoms with Crippen molar-refractivity contribution >= 4 is 21.8 Å². The van der Waals surface area contributed by atoms with Gasteiger partial charge in [-0.1, -0.05) is 95.3 Å². The molecule has 0 aromatic heterocycles. The Morgan fingerprint density at radius 3 is 2.12 bits per heavy atom. The maximum atomic E-state index is 13.9. The summed E-state index contributed by atoms with van der Waals surface area (Å²) < 4.78 is 39.8. The van der Waals surface area contributed by atoms with Crippen LogP contribution < -0.4 is 25.4 Å². The van der Waals surface area contributed by atoms with E-state index in [1.54, 1.807) is 6.07 Å². The van der Waals surface area contributed by atoms with Crippen LogP contribution >= 0.6 is 0 Å². The highest BCUT2D eigenvalue weighted by Gasteiger charge is 2.37. The van der Waals surface area contributed by atoms with Gasteiger partial charge in [0.05, 0.1) is 23.6 Å². The van der Waals surface area contributed by atoms with Crippen LogP contribution in [-0.2, 0) is 32.6 Å². The molecule has 0 saturated carbocycles. The third-order valence-electron chi connectivity index (χ3n) is 7.92. The minimum atomic E-state index is -4.07. The minimum absolute atomic E-state index is 0.00665. The third-order valence-corrected chi connectivity index (χ3v) is 9.75. The van der Waals surface area contributed by atoms with E-state index in [-0.39, 0.29) is 49.6 Å². The molecule has 3 atom stereocenters. The standard InChI is InChI=1S/C36H48N4O7S/c1-25(2)22-40(48(44,45)28-16-17-31-32(19-28)47-24-46-31)23-30(41)29(18-26-12-8-6-9-13-26)38-35(43)34(36(3,4)5)39-33(42)21-37-20-27-14-10-7-11-15-27/h6-17,19,25,29-30,34,37,41H,18,20-24H2,1-5H3,(H,38,43)(H,39,42). The lowest BCUT2D eigenvalue weighted by Crippen LogP contribution is -2.59. The summed E-state index contributed by atoms with van der Waals surface area (Å²) in [5.41, 5.74) is 1.20. The van der Waals surface area contributed by atoms with Gasteiger partial charge in [-0.25, -0.2) is 8.42 Å². The monoisotopic (exact) mass is 680 g/mol. The molecule has 4 rings (SSSR count). The van der Waals surface area contributed by atoms with E-state index in [2.05, 4.69) is 16.0 Å². The maximum Gasteiger partial charge on any atom is 0.243 e. The smallest absolute Gasteiger partial charge is 0.243 e. The van der Waals surface area contributed by atoms with E-state index in [9.17, 15) is 23.1 Å². The largest absolute Gasteiger partial charge is 0.454 e. The number of ether oxygens (including phenoxy) is 2. The van der Waals surface area contributed by atoms with E-state index in [1.165, 1.54) is 16.4 Å². The van der Waals surface area contributed by atoms with Crippen LogP contribution in [0.3, 0.4) is 0 Å². The molecule has 0 fully saturated rings. The van der Waals surface area contributed by atoms with Crippen molar-refractivity contribution in [1.29, 1.82) is 0 Å². The first kappa shape index (κ1) is 36.9. The first-order chi connectivity index (χ1) is 22.7. The van der Waals surface area contributed by atoms with Gasteiger partial charge in [-0.05, 0) is 41.0 Å². The zero-order chi connectivity index (χ0) is 34.9. The number of aliphatic hydroxyl groups excluding tert-OH is 1. The predicted molar refractivity (Wildman–Crippen MR) is 184 cm³/mol. The highest BCUT2D eigenvalue weighted by atomic mass is 32.2. The van der Waals surface area contributed by atoms with Crippen molar-refractivity contribution < 1.29 is 32.6 Å². The van der Waals surface area contributed by atoms with Gasteiger partial charge in [0.15, 0.2) is 11.5 Å². The topological polar surface area (TPSA) is 146 Å². The number of hydrogen-bond donors (Lipinski definition) is 4. The first-order valence-corrected chi connectivity index (χ1v) is 17.6. The third kappa shape index (κ3) is 10.3. The molecule has 0 saturated heterocycles. The number of amides is 2. The highest BCUT2D eigenvalue weighted by molar-refractivity contribution is 7.89. The molecule has 1 aliphatic rings. The van der Waals surface area contributed by atoms with Crippen LogP contribution in [0.4, 0.5) is 0 Å². The summed E-state index contributed by atoms with van der Waals surface area (Å²) in [7, 11) is -4.07. The summed E-state index contributed by atoms with van der Waals surface area (Å²) >= 11 is 0. The highest BCUT2D eigenvalue weighted by Crippen LogP contribution is 2.35. The Morgan fingerprint density at radius 1 is 0.875 bits per heavy atom. The molecule has 48 heavy (non-hydrogen) atoms. The molecule has 0 aliphatic carbocycles. The lowest BCUT2D eigenvalue weighted by atomic mass is 9.85. The number of carbonyl (C=O) groups excluding carboxylic acids is 2. The summed E-state index contributed by atoms with van der Waals surface area (Å²) in [6.07, 6.45) is -1.06. The molecule has 1 heterocycles. The van der Waals surface area contributed by atoms with Gasteiger partial charge < -0.3 is 30.5 Å². The number of fused-ring (bicyclic) bond motifs is 1. The Kier molecular flexibility index (Phi) is 12.6. The predicted octanol–water partition coefficient (Wildman–Crippen LogP) is 3.47. The minimum Gasteiger partial charge on any atom is -0.454 e. The fourth-order valence-electron chi connectivity index (χ4n) is 5.42. The maximum absolute atomic E-state index is 13.9. The summed E-state index contributed by atoms with van der Waals surface area (Å²) in [4.78, 5) is 26.9. The number of benzene rings is 3. The molecule has 3 aromatic carbocycles. The van der Waals surface area contributed by atoms with Crippen LogP contribution in [0.25, 0.3) is 0 Å². The van der Waals surface area contributed by atoms with Gasteiger partial charge in [0.2, 0.25) is 28.6 Å². The molecule has 3 aromatic rings. The number of aliphatic hydroxyl groups is 1. The molecule has 2 amide bonds. The van der Waals surface area contributed by atoms with Crippen molar-refractivity contribution in [1.82, 2.24) is 20.3 Å². The average molecular weight is 681 g/mol. The molecule has 0 spiro atoms. The van der Waals surface area contributed by atoms with E-state index in [0.29, 0.717) is 18.0 Å². The van der Waals surface area contributed by atoms with Gasteiger partial charge in [0, 0.05) is 25.7 Å². The van der Waals surface area contributed by atoms with Crippen LogP contribution in [0.15, 0.2) is 83.8 Å². The molecule has 3 unspecified atom stereocenters. The van der Waals surface area contributed by atoms with Crippen LogP contribution in [0.1, 0.15) is 45.7 Å². The Hall–Kier alpha value is -3.97. The summed E-state index contributed by atoms with van der Waals surface area (Å²) in [5, 5.41) is 20.6.